The van der Waals surface area contributed by atoms with Crippen LogP contribution in [0, 0.1) is 17.8 Å². The van der Waals surface area contributed by atoms with E-state index in [9.17, 15) is 23.1 Å². The number of sulfone groups is 1. The second kappa shape index (κ2) is 11.9. The lowest BCUT2D eigenvalue weighted by molar-refractivity contribution is -0.126. The molecule has 0 saturated heterocycles. The van der Waals surface area contributed by atoms with E-state index in [0.29, 0.717) is 12.3 Å². The van der Waals surface area contributed by atoms with Crippen molar-refractivity contribution >= 4 is 21.7 Å². The zero-order valence-electron chi connectivity index (χ0n) is 22.2. The second-order valence-corrected chi connectivity index (χ2v) is 12.9. The quantitative estimate of drug-likeness (QED) is 0.401. The molecular formula is C29H38N2O6S. The molecular weight excluding hydrogens is 504 g/mol. The highest BCUT2D eigenvalue weighted by Gasteiger charge is 2.40. The van der Waals surface area contributed by atoms with E-state index < -0.39 is 33.8 Å². The van der Waals surface area contributed by atoms with E-state index in [1.54, 1.807) is 6.92 Å². The molecule has 2 amide bonds. The van der Waals surface area contributed by atoms with Crippen molar-refractivity contribution in [3.05, 3.63) is 59.7 Å². The SMILES string of the molecule is COc1cc(C(=O)N[C@@H](Cc2ccccc2)[C@@H](O)C[C@@H](C)C(=O)NC2CC3CCC2C3)cc(S(C)(=O)=O)c1. The predicted octanol–water partition coefficient (Wildman–Crippen LogP) is 3.13. The number of fused-ring (bicyclic) bond motifs is 2. The van der Waals surface area contributed by atoms with Gasteiger partial charge < -0.3 is 20.5 Å². The molecule has 2 bridgehead atoms. The standard InChI is InChI=1S/C29H38N2O6S/c1-18(28(33)30-25-14-20-9-10-21(25)12-20)11-27(32)26(13-19-7-5-4-6-8-19)31-29(34)22-15-23(37-2)17-24(16-22)38(3,35)36/h4-8,15-18,20-21,25-27,32H,9-14H2,1-3H3,(H,30,33)(H,31,34)/t18-,20?,21?,25?,26+,27+/m1/s1. The van der Waals surface area contributed by atoms with Gasteiger partial charge in [-0.2, -0.15) is 0 Å². The first-order chi connectivity index (χ1) is 18.0. The van der Waals surface area contributed by atoms with Crippen molar-refractivity contribution in [3.63, 3.8) is 0 Å². The largest absolute Gasteiger partial charge is 0.497 e. The van der Waals surface area contributed by atoms with Crippen LogP contribution in [0.2, 0.25) is 0 Å². The first kappa shape index (κ1) is 28.1. The lowest BCUT2D eigenvalue weighted by atomic mass is 9.92. The molecule has 8 nitrogen and oxygen atoms in total. The third kappa shape index (κ3) is 6.94. The molecule has 2 aromatic carbocycles. The smallest absolute Gasteiger partial charge is 0.251 e. The fourth-order valence-electron chi connectivity index (χ4n) is 5.82. The number of nitrogens with one attached hydrogen (secondary N) is 2. The molecule has 2 saturated carbocycles. The molecule has 2 aromatic rings. The van der Waals surface area contributed by atoms with Gasteiger partial charge in [-0.3, -0.25) is 9.59 Å². The fourth-order valence-corrected chi connectivity index (χ4v) is 6.49. The van der Waals surface area contributed by atoms with E-state index in [2.05, 4.69) is 10.6 Å². The van der Waals surface area contributed by atoms with Gasteiger partial charge in [-0.15, -0.1) is 0 Å². The molecule has 0 spiro atoms. The number of aliphatic hydroxyl groups excluding tert-OH is 1. The van der Waals surface area contributed by atoms with Gasteiger partial charge in [0, 0.05) is 23.8 Å². The fraction of sp³-hybridized carbons (Fsp3) is 0.517. The third-order valence-corrected chi connectivity index (χ3v) is 9.09. The van der Waals surface area contributed by atoms with Crippen molar-refractivity contribution in [1.29, 1.82) is 0 Å². The number of hydrogen-bond acceptors (Lipinski definition) is 6. The summed E-state index contributed by atoms with van der Waals surface area (Å²) in [5.74, 6) is 0.476. The molecule has 0 radical (unpaired) electrons. The highest BCUT2D eigenvalue weighted by Crippen LogP contribution is 2.44. The van der Waals surface area contributed by atoms with Gasteiger partial charge in [0.1, 0.15) is 5.75 Å². The number of ether oxygens (including phenoxy) is 1. The number of benzene rings is 2. The Hall–Kier alpha value is -2.91. The zero-order chi connectivity index (χ0) is 27.4. The van der Waals surface area contributed by atoms with Crippen LogP contribution in [0.4, 0.5) is 0 Å². The molecule has 0 heterocycles. The van der Waals surface area contributed by atoms with Gasteiger partial charge in [0.05, 0.1) is 24.2 Å². The summed E-state index contributed by atoms with van der Waals surface area (Å²) >= 11 is 0. The summed E-state index contributed by atoms with van der Waals surface area (Å²) in [5.41, 5.74) is 1.02. The van der Waals surface area contributed by atoms with Crippen molar-refractivity contribution in [1.82, 2.24) is 10.6 Å². The number of carbonyl (C=O) groups excluding carboxylic acids is 2. The number of hydrogen-bond donors (Lipinski definition) is 3. The van der Waals surface area contributed by atoms with E-state index in [0.717, 1.165) is 24.2 Å². The molecule has 6 atom stereocenters. The number of rotatable bonds is 11. The Morgan fingerprint density at radius 3 is 2.45 bits per heavy atom. The van der Waals surface area contributed by atoms with E-state index in [1.165, 1.54) is 44.6 Å². The Labute approximate surface area is 225 Å². The predicted molar refractivity (Wildman–Crippen MR) is 145 cm³/mol. The monoisotopic (exact) mass is 542 g/mol. The maximum absolute atomic E-state index is 13.3. The lowest BCUT2D eigenvalue weighted by Crippen LogP contribution is -2.47. The second-order valence-electron chi connectivity index (χ2n) is 10.9. The van der Waals surface area contributed by atoms with Crippen molar-refractivity contribution in [2.75, 3.05) is 13.4 Å². The molecule has 3 unspecified atom stereocenters. The van der Waals surface area contributed by atoms with Crippen LogP contribution in [0.15, 0.2) is 53.4 Å². The highest BCUT2D eigenvalue weighted by atomic mass is 32.2. The Morgan fingerprint density at radius 2 is 1.84 bits per heavy atom. The normalized spacial score (nSPS) is 22.9. The average molecular weight is 543 g/mol. The summed E-state index contributed by atoms with van der Waals surface area (Å²) in [4.78, 5) is 26.2. The number of methoxy groups -OCH3 is 1. The summed E-state index contributed by atoms with van der Waals surface area (Å²) < 4.78 is 29.5. The van der Waals surface area contributed by atoms with E-state index in [-0.39, 0.29) is 34.6 Å². The molecule has 4 rings (SSSR count). The summed E-state index contributed by atoms with van der Waals surface area (Å²) in [6.45, 7) is 1.80. The van der Waals surface area contributed by atoms with Gasteiger partial charge in [0.2, 0.25) is 5.91 Å². The summed E-state index contributed by atoms with van der Waals surface area (Å²) in [6.07, 6.45) is 5.24. The Kier molecular flexibility index (Phi) is 8.78. The van der Waals surface area contributed by atoms with Crippen molar-refractivity contribution in [3.8, 4) is 5.75 Å². The molecule has 206 valence electrons. The maximum Gasteiger partial charge on any atom is 0.251 e. The van der Waals surface area contributed by atoms with Gasteiger partial charge in [-0.05, 0) is 67.7 Å². The third-order valence-electron chi connectivity index (χ3n) is 7.99. The lowest BCUT2D eigenvalue weighted by Gasteiger charge is -2.28. The molecule has 0 aromatic heterocycles. The molecule has 3 N–H and O–H groups in total. The first-order valence-corrected chi connectivity index (χ1v) is 15.1. The Morgan fingerprint density at radius 1 is 1.11 bits per heavy atom. The molecule has 2 fully saturated rings. The topological polar surface area (TPSA) is 122 Å². The number of carbonyl (C=O) groups is 2. The van der Waals surface area contributed by atoms with Crippen molar-refractivity contribution in [2.45, 2.75) is 68.5 Å². The van der Waals surface area contributed by atoms with Crippen LogP contribution in [0.5, 0.6) is 5.75 Å². The van der Waals surface area contributed by atoms with E-state index in [1.807, 2.05) is 30.3 Å². The molecule has 2 aliphatic rings. The molecule has 9 heteroatoms. The van der Waals surface area contributed by atoms with Gasteiger partial charge in [-0.1, -0.05) is 43.7 Å². The van der Waals surface area contributed by atoms with Crippen LogP contribution in [-0.2, 0) is 21.1 Å². The number of aliphatic hydroxyl groups is 1. The summed E-state index contributed by atoms with van der Waals surface area (Å²) in [7, 11) is -2.18. The van der Waals surface area contributed by atoms with Gasteiger partial charge >= 0.3 is 0 Å². The molecule has 2 aliphatic carbocycles. The Bertz CT molecular complexity index is 1250. The summed E-state index contributed by atoms with van der Waals surface area (Å²) in [6, 6.07) is 13.1. The van der Waals surface area contributed by atoms with Crippen molar-refractivity contribution in [2.24, 2.45) is 17.8 Å². The maximum atomic E-state index is 13.3. The number of amides is 2. The van der Waals surface area contributed by atoms with Gasteiger partial charge in [-0.25, -0.2) is 8.42 Å². The van der Waals surface area contributed by atoms with E-state index >= 15 is 0 Å². The molecule has 38 heavy (non-hydrogen) atoms. The van der Waals surface area contributed by atoms with Crippen LogP contribution in [0.3, 0.4) is 0 Å². The van der Waals surface area contributed by atoms with Crippen LogP contribution in [-0.4, -0.2) is 56.9 Å². The first-order valence-electron chi connectivity index (χ1n) is 13.3. The Balaban J connectivity index is 1.48. The minimum atomic E-state index is -3.58. The zero-order valence-corrected chi connectivity index (χ0v) is 23.0. The van der Waals surface area contributed by atoms with Crippen LogP contribution in [0.1, 0.15) is 54.9 Å². The summed E-state index contributed by atoms with van der Waals surface area (Å²) in [5, 5.41) is 17.3. The average Bonchev–Trinajstić information content (AvgIpc) is 3.51. The van der Waals surface area contributed by atoms with Gasteiger partial charge in [0.15, 0.2) is 9.84 Å². The van der Waals surface area contributed by atoms with Crippen LogP contribution in [0.25, 0.3) is 0 Å². The van der Waals surface area contributed by atoms with Gasteiger partial charge in [0.25, 0.3) is 5.91 Å². The minimum Gasteiger partial charge on any atom is -0.497 e. The van der Waals surface area contributed by atoms with Crippen LogP contribution < -0.4 is 15.4 Å². The van der Waals surface area contributed by atoms with Crippen molar-refractivity contribution < 1.29 is 27.9 Å². The highest BCUT2D eigenvalue weighted by molar-refractivity contribution is 7.90. The molecule has 0 aliphatic heterocycles. The van der Waals surface area contributed by atoms with E-state index in [4.69, 9.17) is 4.74 Å². The minimum absolute atomic E-state index is 0.0342. The van der Waals surface area contributed by atoms with Crippen LogP contribution >= 0.6 is 0 Å².